The summed E-state index contributed by atoms with van der Waals surface area (Å²) >= 11 is 0. The average Bonchev–Trinajstić information content (AvgIpc) is 2.96. The molecule has 1 fully saturated rings. The van der Waals surface area contributed by atoms with Crippen LogP contribution in [0.1, 0.15) is 37.3 Å². The molecule has 1 aliphatic rings. The Labute approximate surface area is 116 Å². The maximum Gasteiger partial charge on any atom is 0.124 e. The van der Waals surface area contributed by atoms with Crippen LogP contribution in [0.25, 0.3) is 0 Å². The topological polar surface area (TPSA) is 30.5 Å². The van der Waals surface area contributed by atoms with Crippen molar-refractivity contribution in [1.29, 1.82) is 0 Å². The van der Waals surface area contributed by atoms with Gasteiger partial charge in [0.2, 0.25) is 0 Å². The monoisotopic (exact) mass is 263 g/mol. The Morgan fingerprint density at radius 3 is 2.63 bits per heavy atom. The van der Waals surface area contributed by atoms with Crippen LogP contribution in [-0.2, 0) is 4.74 Å². The van der Waals surface area contributed by atoms with Crippen LogP contribution in [0.4, 0.5) is 0 Å². The Hall–Kier alpha value is -1.06. The standard InChI is InChI=1S/C16H25NO2/c1-17-16(13-7-3-4-8-13)14-9-5-6-10-15(14)19-12-11-18-2/h5-6,9-10,13,16-17H,3-4,7-8,11-12H2,1-2H3. The number of hydrogen-bond donors (Lipinski definition) is 1. The summed E-state index contributed by atoms with van der Waals surface area (Å²) in [5.41, 5.74) is 1.29. The Bertz CT molecular complexity index is 375. The number of benzene rings is 1. The molecular formula is C16H25NO2. The van der Waals surface area contributed by atoms with Crippen LogP contribution in [0.15, 0.2) is 24.3 Å². The van der Waals surface area contributed by atoms with E-state index in [1.165, 1.54) is 31.2 Å². The number of para-hydroxylation sites is 1. The molecule has 0 aromatic heterocycles. The first-order valence-electron chi connectivity index (χ1n) is 7.24. The van der Waals surface area contributed by atoms with Gasteiger partial charge < -0.3 is 14.8 Å². The van der Waals surface area contributed by atoms with E-state index >= 15 is 0 Å². The highest BCUT2D eigenvalue weighted by Gasteiger charge is 2.26. The summed E-state index contributed by atoms with van der Waals surface area (Å²) in [5.74, 6) is 1.72. The van der Waals surface area contributed by atoms with Crippen LogP contribution in [0.2, 0.25) is 0 Å². The van der Waals surface area contributed by atoms with Crippen molar-refractivity contribution in [3.63, 3.8) is 0 Å². The molecule has 2 rings (SSSR count). The van der Waals surface area contributed by atoms with Crippen molar-refractivity contribution < 1.29 is 9.47 Å². The lowest BCUT2D eigenvalue weighted by atomic mass is 9.91. The van der Waals surface area contributed by atoms with Gasteiger partial charge in [0, 0.05) is 18.7 Å². The van der Waals surface area contributed by atoms with Gasteiger partial charge >= 0.3 is 0 Å². The summed E-state index contributed by atoms with van der Waals surface area (Å²) in [6.45, 7) is 1.23. The van der Waals surface area contributed by atoms with E-state index < -0.39 is 0 Å². The van der Waals surface area contributed by atoms with Crippen molar-refractivity contribution in [3.8, 4) is 5.75 Å². The minimum Gasteiger partial charge on any atom is -0.491 e. The smallest absolute Gasteiger partial charge is 0.124 e. The Balaban J connectivity index is 2.11. The Morgan fingerprint density at radius 1 is 1.21 bits per heavy atom. The number of methoxy groups -OCH3 is 1. The number of rotatable bonds is 7. The predicted octanol–water partition coefficient (Wildman–Crippen LogP) is 3.16. The maximum absolute atomic E-state index is 5.85. The van der Waals surface area contributed by atoms with E-state index in [9.17, 15) is 0 Å². The normalized spacial score (nSPS) is 17.6. The molecule has 0 aliphatic heterocycles. The minimum absolute atomic E-state index is 0.404. The molecule has 1 atom stereocenters. The molecule has 0 heterocycles. The molecule has 1 aromatic carbocycles. The number of nitrogens with one attached hydrogen (secondary N) is 1. The third kappa shape index (κ3) is 3.71. The quantitative estimate of drug-likeness (QED) is 0.767. The summed E-state index contributed by atoms with van der Waals surface area (Å²) in [7, 11) is 3.75. The van der Waals surface area contributed by atoms with E-state index in [1.54, 1.807) is 7.11 Å². The van der Waals surface area contributed by atoms with E-state index in [4.69, 9.17) is 9.47 Å². The largest absolute Gasteiger partial charge is 0.491 e. The molecular weight excluding hydrogens is 238 g/mol. The van der Waals surface area contributed by atoms with E-state index in [1.807, 2.05) is 6.07 Å². The molecule has 0 amide bonds. The van der Waals surface area contributed by atoms with Crippen molar-refractivity contribution in [3.05, 3.63) is 29.8 Å². The fourth-order valence-corrected chi connectivity index (χ4v) is 3.04. The SMILES string of the molecule is CNC(c1ccccc1OCCOC)C1CCCC1. The molecule has 0 bridgehead atoms. The van der Waals surface area contributed by atoms with E-state index in [0.717, 1.165) is 11.7 Å². The highest BCUT2D eigenvalue weighted by atomic mass is 16.5. The molecule has 1 N–H and O–H groups in total. The van der Waals surface area contributed by atoms with Crippen LogP contribution in [0, 0.1) is 5.92 Å². The van der Waals surface area contributed by atoms with Gasteiger partial charge in [-0.15, -0.1) is 0 Å². The molecule has 1 unspecified atom stereocenters. The van der Waals surface area contributed by atoms with Crippen molar-refractivity contribution in [1.82, 2.24) is 5.32 Å². The van der Waals surface area contributed by atoms with Crippen molar-refractivity contribution in [2.24, 2.45) is 5.92 Å². The lowest BCUT2D eigenvalue weighted by molar-refractivity contribution is 0.145. The molecule has 0 spiro atoms. The summed E-state index contributed by atoms with van der Waals surface area (Å²) in [6, 6.07) is 8.78. The second-order valence-corrected chi connectivity index (χ2v) is 5.19. The highest BCUT2D eigenvalue weighted by Crippen LogP contribution is 2.38. The van der Waals surface area contributed by atoms with Crippen molar-refractivity contribution >= 4 is 0 Å². The first kappa shape index (κ1) is 14.4. The van der Waals surface area contributed by atoms with Gasteiger partial charge in [-0.3, -0.25) is 0 Å². The summed E-state index contributed by atoms with van der Waals surface area (Å²) in [6.07, 6.45) is 5.35. The first-order valence-corrected chi connectivity index (χ1v) is 7.24. The number of hydrogen-bond acceptors (Lipinski definition) is 3. The molecule has 0 saturated heterocycles. The van der Waals surface area contributed by atoms with Crippen molar-refractivity contribution in [2.75, 3.05) is 27.4 Å². The van der Waals surface area contributed by atoms with Gasteiger partial charge in [-0.05, 0) is 31.9 Å². The van der Waals surface area contributed by atoms with Gasteiger partial charge in [-0.2, -0.15) is 0 Å². The summed E-state index contributed by atoms with van der Waals surface area (Å²) in [4.78, 5) is 0. The van der Waals surface area contributed by atoms with Gasteiger partial charge in [-0.25, -0.2) is 0 Å². The lowest BCUT2D eigenvalue weighted by Crippen LogP contribution is -2.24. The van der Waals surface area contributed by atoms with Crippen LogP contribution in [-0.4, -0.2) is 27.4 Å². The first-order chi connectivity index (χ1) is 9.36. The zero-order valence-electron chi connectivity index (χ0n) is 12.0. The van der Waals surface area contributed by atoms with Crippen LogP contribution < -0.4 is 10.1 Å². The fourth-order valence-electron chi connectivity index (χ4n) is 3.04. The Kier molecular flexibility index (Phi) is 5.67. The predicted molar refractivity (Wildman–Crippen MR) is 77.6 cm³/mol. The highest BCUT2D eigenvalue weighted by molar-refractivity contribution is 5.36. The molecule has 1 saturated carbocycles. The summed E-state index contributed by atoms with van der Waals surface area (Å²) < 4.78 is 10.9. The third-order valence-electron chi connectivity index (χ3n) is 3.98. The lowest BCUT2D eigenvalue weighted by Gasteiger charge is -2.25. The fraction of sp³-hybridized carbons (Fsp3) is 0.625. The maximum atomic E-state index is 5.85. The zero-order chi connectivity index (χ0) is 13.5. The molecule has 1 aliphatic carbocycles. The van der Waals surface area contributed by atoms with Gasteiger partial charge in [-0.1, -0.05) is 31.0 Å². The second-order valence-electron chi connectivity index (χ2n) is 5.19. The summed E-state index contributed by atoms with van der Waals surface area (Å²) in [5, 5.41) is 3.48. The van der Waals surface area contributed by atoms with Crippen LogP contribution in [0.5, 0.6) is 5.75 Å². The van der Waals surface area contributed by atoms with E-state index in [0.29, 0.717) is 19.3 Å². The minimum atomic E-state index is 0.404. The van der Waals surface area contributed by atoms with Crippen LogP contribution >= 0.6 is 0 Å². The second kappa shape index (κ2) is 7.51. The van der Waals surface area contributed by atoms with E-state index in [2.05, 4.69) is 30.6 Å². The molecule has 3 heteroatoms. The van der Waals surface area contributed by atoms with Crippen LogP contribution in [0.3, 0.4) is 0 Å². The van der Waals surface area contributed by atoms with Gasteiger partial charge in [0.25, 0.3) is 0 Å². The van der Waals surface area contributed by atoms with E-state index in [-0.39, 0.29) is 0 Å². The molecule has 3 nitrogen and oxygen atoms in total. The number of ether oxygens (including phenoxy) is 2. The van der Waals surface area contributed by atoms with Gasteiger partial charge in [0.05, 0.1) is 6.61 Å². The molecule has 19 heavy (non-hydrogen) atoms. The molecule has 0 radical (unpaired) electrons. The van der Waals surface area contributed by atoms with Gasteiger partial charge in [0.1, 0.15) is 12.4 Å². The van der Waals surface area contributed by atoms with Crippen molar-refractivity contribution in [2.45, 2.75) is 31.7 Å². The average molecular weight is 263 g/mol. The van der Waals surface area contributed by atoms with Gasteiger partial charge in [0.15, 0.2) is 0 Å². The molecule has 1 aromatic rings. The third-order valence-corrected chi connectivity index (χ3v) is 3.98. The Morgan fingerprint density at radius 2 is 1.95 bits per heavy atom. The zero-order valence-corrected chi connectivity index (χ0v) is 12.0. The molecule has 106 valence electrons.